The Morgan fingerprint density at radius 2 is 1.66 bits per heavy atom. The van der Waals surface area contributed by atoms with Gasteiger partial charge in [0.15, 0.2) is 0 Å². The molecule has 0 saturated heterocycles. The summed E-state index contributed by atoms with van der Waals surface area (Å²) in [6.45, 7) is 6.52. The van der Waals surface area contributed by atoms with Crippen LogP contribution in [0.4, 0.5) is 4.39 Å². The lowest BCUT2D eigenvalue weighted by Gasteiger charge is -2.06. The van der Waals surface area contributed by atoms with Crippen LogP contribution in [-0.4, -0.2) is 21.5 Å². The normalized spacial score (nSPS) is 9.86. The summed E-state index contributed by atoms with van der Waals surface area (Å²) < 4.78 is 12.1. The van der Waals surface area contributed by atoms with Gasteiger partial charge < -0.3 is 5.73 Å². The molecule has 0 aliphatic carbocycles. The van der Waals surface area contributed by atoms with Crippen LogP contribution in [0.3, 0.4) is 0 Å². The van der Waals surface area contributed by atoms with E-state index in [-0.39, 0.29) is 5.82 Å². The molecule has 0 bridgehead atoms. The van der Waals surface area contributed by atoms with Crippen molar-refractivity contribution in [1.82, 2.24) is 15.0 Å². The van der Waals surface area contributed by atoms with Crippen molar-refractivity contribution in [3.05, 3.63) is 89.2 Å². The Balaban J connectivity index is 0.000000228. The van der Waals surface area contributed by atoms with Crippen molar-refractivity contribution in [3.8, 4) is 11.1 Å². The monoisotopic (exact) mass is 410 g/mol. The highest BCUT2D eigenvalue weighted by Crippen LogP contribution is 2.27. The first kappa shape index (κ1) is 22.4. The predicted octanol–water partition coefficient (Wildman–Crippen LogP) is 5.75. The minimum Gasteiger partial charge on any atom is -0.331 e. The Labute approximate surface area is 175 Å². The van der Waals surface area contributed by atoms with E-state index in [2.05, 4.69) is 15.0 Å². The zero-order valence-electron chi connectivity index (χ0n) is 16.7. The standard InChI is InChI=1S/C14H10ClN3.C7H7F.C2H7N/c1-9-7-10(8-18-14(9)15)11-4-6-16-12-3-2-5-17-13(11)12;1-6-2-4-7(8)5-3-6;1-2-3/h2-8H,1H3;2-5H,1H3;2-3H2,1H3. The summed E-state index contributed by atoms with van der Waals surface area (Å²) in [5.41, 5.74) is 10.7. The number of hydrogen-bond donors (Lipinski definition) is 1. The van der Waals surface area contributed by atoms with E-state index in [0.717, 1.165) is 39.8 Å². The Morgan fingerprint density at radius 3 is 2.28 bits per heavy atom. The number of aryl methyl sites for hydroxylation is 2. The van der Waals surface area contributed by atoms with E-state index in [1.807, 2.05) is 45.0 Å². The maximum absolute atomic E-state index is 12.1. The van der Waals surface area contributed by atoms with E-state index in [0.29, 0.717) is 5.15 Å². The second kappa shape index (κ2) is 11.2. The van der Waals surface area contributed by atoms with Crippen molar-refractivity contribution < 1.29 is 4.39 Å². The summed E-state index contributed by atoms with van der Waals surface area (Å²) in [5.74, 6) is -0.171. The molecule has 3 aromatic heterocycles. The molecule has 0 atom stereocenters. The lowest BCUT2D eigenvalue weighted by atomic mass is 10.1. The largest absolute Gasteiger partial charge is 0.331 e. The number of benzene rings is 1. The molecule has 0 fully saturated rings. The number of nitrogens with zero attached hydrogens (tertiary/aromatic N) is 3. The average Bonchev–Trinajstić information content (AvgIpc) is 2.73. The smallest absolute Gasteiger partial charge is 0.131 e. The molecule has 0 radical (unpaired) electrons. The van der Waals surface area contributed by atoms with Gasteiger partial charge in [-0.1, -0.05) is 36.2 Å². The molecule has 150 valence electrons. The molecule has 4 aromatic rings. The molecule has 4 nitrogen and oxygen atoms in total. The minimum atomic E-state index is -0.171. The van der Waals surface area contributed by atoms with Crippen LogP contribution in [0.2, 0.25) is 5.15 Å². The van der Waals surface area contributed by atoms with E-state index in [1.165, 1.54) is 12.1 Å². The molecule has 0 aliphatic heterocycles. The van der Waals surface area contributed by atoms with Crippen LogP contribution >= 0.6 is 11.6 Å². The van der Waals surface area contributed by atoms with Gasteiger partial charge in [0.25, 0.3) is 0 Å². The van der Waals surface area contributed by atoms with Gasteiger partial charge in [0.05, 0.1) is 11.0 Å². The van der Waals surface area contributed by atoms with Gasteiger partial charge >= 0.3 is 0 Å². The summed E-state index contributed by atoms with van der Waals surface area (Å²) >= 11 is 5.95. The minimum absolute atomic E-state index is 0.171. The van der Waals surface area contributed by atoms with Crippen LogP contribution in [0.1, 0.15) is 18.1 Å². The highest BCUT2D eigenvalue weighted by Gasteiger charge is 2.07. The van der Waals surface area contributed by atoms with Crippen molar-refractivity contribution in [2.75, 3.05) is 6.54 Å². The molecule has 3 heterocycles. The fraction of sp³-hybridized carbons (Fsp3) is 0.174. The highest BCUT2D eigenvalue weighted by atomic mass is 35.5. The Morgan fingerprint density at radius 1 is 0.966 bits per heavy atom. The molecular formula is C23H24ClFN4. The van der Waals surface area contributed by atoms with Crippen molar-refractivity contribution in [1.29, 1.82) is 0 Å². The fourth-order valence-electron chi connectivity index (χ4n) is 2.45. The number of hydrogen-bond acceptors (Lipinski definition) is 4. The number of pyridine rings is 3. The fourth-order valence-corrected chi connectivity index (χ4v) is 2.55. The van der Waals surface area contributed by atoms with Gasteiger partial charge in [0.2, 0.25) is 0 Å². The van der Waals surface area contributed by atoms with E-state index >= 15 is 0 Å². The van der Waals surface area contributed by atoms with Crippen molar-refractivity contribution in [2.45, 2.75) is 20.8 Å². The van der Waals surface area contributed by atoms with Gasteiger partial charge in [-0.2, -0.15) is 0 Å². The van der Waals surface area contributed by atoms with Gasteiger partial charge in [-0.3, -0.25) is 9.97 Å². The number of fused-ring (bicyclic) bond motifs is 1. The maximum Gasteiger partial charge on any atom is 0.131 e. The number of halogens is 2. The summed E-state index contributed by atoms with van der Waals surface area (Å²) in [4.78, 5) is 12.9. The zero-order chi connectivity index (χ0) is 21.2. The van der Waals surface area contributed by atoms with Crippen molar-refractivity contribution >= 4 is 22.6 Å². The second-order valence-corrected chi connectivity index (χ2v) is 6.62. The summed E-state index contributed by atoms with van der Waals surface area (Å²) in [6.07, 6.45) is 5.31. The predicted molar refractivity (Wildman–Crippen MR) is 118 cm³/mol. The third-order valence-electron chi connectivity index (χ3n) is 3.83. The molecule has 29 heavy (non-hydrogen) atoms. The molecule has 6 heteroatoms. The lowest BCUT2D eigenvalue weighted by Crippen LogP contribution is -1.89. The van der Waals surface area contributed by atoms with E-state index in [4.69, 9.17) is 17.3 Å². The molecule has 4 rings (SSSR count). The first-order chi connectivity index (χ1) is 14.0. The van der Waals surface area contributed by atoms with Crippen LogP contribution in [0.5, 0.6) is 0 Å². The molecule has 1 aromatic carbocycles. The molecule has 2 N–H and O–H groups in total. The third kappa shape index (κ3) is 6.59. The SMILES string of the molecule is CCN.Cc1cc(-c2ccnc3cccnc23)cnc1Cl.Cc1ccc(F)cc1. The van der Waals surface area contributed by atoms with Gasteiger partial charge in [-0.25, -0.2) is 9.37 Å². The van der Waals surface area contributed by atoms with Crippen LogP contribution < -0.4 is 5.73 Å². The van der Waals surface area contributed by atoms with E-state index in [1.54, 1.807) is 30.7 Å². The average molecular weight is 411 g/mol. The van der Waals surface area contributed by atoms with Gasteiger partial charge in [0, 0.05) is 29.7 Å². The van der Waals surface area contributed by atoms with Gasteiger partial charge in [0.1, 0.15) is 11.0 Å². The lowest BCUT2D eigenvalue weighted by molar-refractivity contribution is 0.627. The Bertz CT molecular complexity index is 1030. The van der Waals surface area contributed by atoms with Crippen LogP contribution in [-0.2, 0) is 0 Å². The topological polar surface area (TPSA) is 64.7 Å². The summed E-state index contributed by atoms with van der Waals surface area (Å²) in [7, 11) is 0. The molecule has 0 aliphatic rings. The summed E-state index contributed by atoms with van der Waals surface area (Å²) in [5, 5.41) is 0.532. The molecule has 0 saturated carbocycles. The third-order valence-corrected chi connectivity index (χ3v) is 4.23. The van der Waals surface area contributed by atoms with Crippen LogP contribution in [0, 0.1) is 19.7 Å². The maximum atomic E-state index is 12.1. The first-order valence-electron chi connectivity index (χ1n) is 9.20. The van der Waals surface area contributed by atoms with Gasteiger partial charge in [-0.15, -0.1) is 0 Å². The van der Waals surface area contributed by atoms with E-state index in [9.17, 15) is 4.39 Å². The number of aromatic nitrogens is 3. The highest BCUT2D eigenvalue weighted by molar-refractivity contribution is 6.30. The first-order valence-corrected chi connectivity index (χ1v) is 9.58. The Hall–Kier alpha value is -2.89. The van der Waals surface area contributed by atoms with Gasteiger partial charge in [-0.05, 0) is 62.4 Å². The molecule has 0 amide bonds. The zero-order valence-corrected chi connectivity index (χ0v) is 17.5. The van der Waals surface area contributed by atoms with Crippen molar-refractivity contribution in [2.24, 2.45) is 5.73 Å². The molecule has 0 spiro atoms. The van der Waals surface area contributed by atoms with E-state index < -0.39 is 0 Å². The molecule has 0 unspecified atom stereocenters. The molecular weight excluding hydrogens is 387 g/mol. The quantitative estimate of drug-likeness (QED) is 0.405. The van der Waals surface area contributed by atoms with Crippen LogP contribution in [0.25, 0.3) is 22.2 Å². The van der Waals surface area contributed by atoms with Crippen LogP contribution in [0.15, 0.2) is 67.1 Å². The number of rotatable bonds is 1. The number of nitrogens with two attached hydrogens (primary N) is 1. The second-order valence-electron chi connectivity index (χ2n) is 6.27. The Kier molecular flexibility index (Phi) is 8.65. The van der Waals surface area contributed by atoms with Crippen molar-refractivity contribution in [3.63, 3.8) is 0 Å². The summed E-state index contributed by atoms with van der Waals surface area (Å²) in [6, 6.07) is 14.2.